The number of hydrogen-bond acceptors (Lipinski definition) is 2. The Morgan fingerprint density at radius 3 is 2.75 bits per heavy atom. The number of fused-ring (bicyclic) bond motifs is 1. The molecule has 4 atom stereocenters. The highest BCUT2D eigenvalue weighted by Crippen LogP contribution is 2.42. The van der Waals surface area contributed by atoms with Crippen LogP contribution >= 0.6 is 12.4 Å². The third-order valence-corrected chi connectivity index (χ3v) is 5.60. The summed E-state index contributed by atoms with van der Waals surface area (Å²) in [5.41, 5.74) is 0. The third-order valence-electron chi connectivity index (χ3n) is 5.60. The predicted octanol–water partition coefficient (Wildman–Crippen LogP) is 2.88. The first-order valence-electron chi connectivity index (χ1n) is 8.31. The van der Waals surface area contributed by atoms with Gasteiger partial charge < -0.3 is 10.6 Å². The zero-order valence-corrected chi connectivity index (χ0v) is 13.2. The maximum Gasteiger partial charge on any atom is 0.220 e. The largest absolute Gasteiger partial charge is 0.353 e. The second kappa shape index (κ2) is 7.65. The van der Waals surface area contributed by atoms with Crippen molar-refractivity contribution in [2.75, 3.05) is 13.1 Å². The Bertz CT molecular complexity index is 318. The minimum atomic E-state index is 0. The third kappa shape index (κ3) is 4.11. The Morgan fingerprint density at radius 1 is 1.10 bits per heavy atom. The average Bonchev–Trinajstić information content (AvgIpc) is 3.07. The van der Waals surface area contributed by atoms with E-state index in [4.69, 9.17) is 0 Å². The lowest BCUT2D eigenvalue weighted by molar-refractivity contribution is -0.122. The first-order valence-corrected chi connectivity index (χ1v) is 8.31. The fourth-order valence-electron chi connectivity index (χ4n) is 4.43. The molecule has 2 aliphatic carbocycles. The predicted molar refractivity (Wildman–Crippen MR) is 84.1 cm³/mol. The normalized spacial score (nSPS) is 36.2. The monoisotopic (exact) mass is 300 g/mol. The summed E-state index contributed by atoms with van der Waals surface area (Å²) in [4.78, 5) is 12.0. The maximum absolute atomic E-state index is 12.0. The first-order chi connectivity index (χ1) is 9.31. The van der Waals surface area contributed by atoms with Crippen molar-refractivity contribution in [1.82, 2.24) is 10.6 Å². The van der Waals surface area contributed by atoms with Crippen LogP contribution in [0, 0.1) is 17.8 Å². The zero-order chi connectivity index (χ0) is 13.1. The molecule has 1 saturated heterocycles. The SMILES string of the molecule is Cl.O=C(CCC1CCNC1)NC1CCC2CCCC2C1. The van der Waals surface area contributed by atoms with E-state index in [1.165, 1.54) is 44.9 Å². The summed E-state index contributed by atoms with van der Waals surface area (Å²) in [5, 5.41) is 6.67. The lowest BCUT2D eigenvalue weighted by atomic mass is 9.79. The van der Waals surface area contributed by atoms with Crippen LogP contribution in [0.25, 0.3) is 0 Å². The van der Waals surface area contributed by atoms with Gasteiger partial charge in [0.05, 0.1) is 0 Å². The van der Waals surface area contributed by atoms with Crippen LogP contribution < -0.4 is 10.6 Å². The molecule has 0 aromatic heterocycles. The van der Waals surface area contributed by atoms with E-state index < -0.39 is 0 Å². The first kappa shape index (κ1) is 16.1. The molecule has 0 radical (unpaired) electrons. The summed E-state index contributed by atoms with van der Waals surface area (Å²) in [7, 11) is 0. The Kier molecular flexibility index (Phi) is 6.16. The van der Waals surface area contributed by atoms with E-state index in [2.05, 4.69) is 10.6 Å². The fourth-order valence-corrected chi connectivity index (χ4v) is 4.43. The molecule has 0 aromatic carbocycles. The summed E-state index contributed by atoms with van der Waals surface area (Å²) >= 11 is 0. The van der Waals surface area contributed by atoms with E-state index in [0.717, 1.165) is 43.7 Å². The Labute approximate surface area is 129 Å². The molecule has 1 amide bonds. The van der Waals surface area contributed by atoms with E-state index >= 15 is 0 Å². The smallest absolute Gasteiger partial charge is 0.220 e. The molecule has 4 unspecified atom stereocenters. The van der Waals surface area contributed by atoms with Gasteiger partial charge in [-0.05, 0) is 62.9 Å². The zero-order valence-electron chi connectivity index (χ0n) is 12.4. The van der Waals surface area contributed by atoms with Crippen LogP contribution in [0.5, 0.6) is 0 Å². The van der Waals surface area contributed by atoms with Crippen LogP contribution in [0.3, 0.4) is 0 Å². The van der Waals surface area contributed by atoms with Crippen molar-refractivity contribution in [1.29, 1.82) is 0 Å². The van der Waals surface area contributed by atoms with Crippen LogP contribution in [-0.4, -0.2) is 25.0 Å². The van der Waals surface area contributed by atoms with Crippen LogP contribution in [0.15, 0.2) is 0 Å². The summed E-state index contributed by atoms with van der Waals surface area (Å²) < 4.78 is 0. The van der Waals surface area contributed by atoms with Crippen molar-refractivity contribution in [3.05, 3.63) is 0 Å². The summed E-state index contributed by atoms with van der Waals surface area (Å²) in [6, 6.07) is 0.480. The van der Waals surface area contributed by atoms with E-state index in [1.54, 1.807) is 0 Å². The molecule has 0 bridgehead atoms. The second-order valence-corrected chi connectivity index (χ2v) is 6.93. The van der Waals surface area contributed by atoms with E-state index in [1.807, 2.05) is 0 Å². The number of halogens is 1. The number of hydrogen-bond donors (Lipinski definition) is 2. The molecule has 1 heterocycles. The molecule has 4 heteroatoms. The van der Waals surface area contributed by atoms with Gasteiger partial charge in [0.25, 0.3) is 0 Å². The molecule has 3 rings (SSSR count). The molecule has 116 valence electrons. The molecule has 3 aliphatic rings. The van der Waals surface area contributed by atoms with Crippen LogP contribution in [0.1, 0.15) is 57.8 Å². The molecule has 3 fully saturated rings. The van der Waals surface area contributed by atoms with Gasteiger partial charge in [0, 0.05) is 12.5 Å². The maximum atomic E-state index is 12.0. The molecule has 2 N–H and O–H groups in total. The van der Waals surface area contributed by atoms with E-state index in [9.17, 15) is 4.79 Å². The van der Waals surface area contributed by atoms with Gasteiger partial charge >= 0.3 is 0 Å². The highest BCUT2D eigenvalue weighted by molar-refractivity contribution is 5.85. The lowest BCUT2D eigenvalue weighted by Gasteiger charge is -2.32. The number of carbonyl (C=O) groups is 1. The van der Waals surface area contributed by atoms with Crippen molar-refractivity contribution in [2.45, 2.75) is 63.8 Å². The summed E-state index contributed by atoms with van der Waals surface area (Å²) in [5.74, 6) is 2.93. The van der Waals surface area contributed by atoms with E-state index in [0.29, 0.717) is 11.9 Å². The quantitative estimate of drug-likeness (QED) is 0.838. The van der Waals surface area contributed by atoms with Crippen molar-refractivity contribution in [3.63, 3.8) is 0 Å². The van der Waals surface area contributed by atoms with Gasteiger partial charge in [-0.25, -0.2) is 0 Å². The average molecular weight is 301 g/mol. The van der Waals surface area contributed by atoms with Gasteiger partial charge in [-0.2, -0.15) is 0 Å². The fraction of sp³-hybridized carbons (Fsp3) is 0.938. The van der Waals surface area contributed by atoms with Gasteiger partial charge in [0.2, 0.25) is 5.91 Å². The summed E-state index contributed by atoms with van der Waals surface area (Å²) in [6.07, 6.45) is 11.1. The molecule has 0 spiro atoms. The number of rotatable bonds is 4. The number of amides is 1. The molecule has 20 heavy (non-hydrogen) atoms. The molecule has 2 saturated carbocycles. The highest BCUT2D eigenvalue weighted by Gasteiger charge is 2.34. The Morgan fingerprint density at radius 2 is 1.95 bits per heavy atom. The minimum absolute atomic E-state index is 0. The topological polar surface area (TPSA) is 41.1 Å². The standard InChI is InChI=1S/C16H28N2O.ClH/c19-16(7-4-12-8-9-17-11-12)18-15-6-5-13-2-1-3-14(13)10-15;/h12-15,17H,1-11H2,(H,18,19);1H. The molecular weight excluding hydrogens is 272 g/mol. The van der Waals surface area contributed by atoms with Crippen molar-refractivity contribution < 1.29 is 4.79 Å². The summed E-state index contributed by atoms with van der Waals surface area (Å²) in [6.45, 7) is 2.25. The highest BCUT2D eigenvalue weighted by atomic mass is 35.5. The molecule has 0 aromatic rings. The van der Waals surface area contributed by atoms with Gasteiger partial charge in [-0.15, -0.1) is 12.4 Å². The minimum Gasteiger partial charge on any atom is -0.353 e. The van der Waals surface area contributed by atoms with Crippen molar-refractivity contribution >= 4 is 18.3 Å². The van der Waals surface area contributed by atoms with Gasteiger partial charge in [0.15, 0.2) is 0 Å². The Balaban J connectivity index is 0.00000147. The molecule has 1 aliphatic heterocycles. The number of carbonyl (C=O) groups excluding carboxylic acids is 1. The van der Waals surface area contributed by atoms with Crippen LogP contribution in [-0.2, 0) is 4.79 Å². The van der Waals surface area contributed by atoms with E-state index in [-0.39, 0.29) is 12.4 Å². The molecular formula is C16H29ClN2O. The Hall–Kier alpha value is -0.280. The van der Waals surface area contributed by atoms with Gasteiger partial charge in [-0.3, -0.25) is 4.79 Å². The van der Waals surface area contributed by atoms with Crippen molar-refractivity contribution in [3.8, 4) is 0 Å². The van der Waals surface area contributed by atoms with Gasteiger partial charge in [-0.1, -0.05) is 19.3 Å². The van der Waals surface area contributed by atoms with Crippen LogP contribution in [0.4, 0.5) is 0 Å². The lowest BCUT2D eigenvalue weighted by Crippen LogP contribution is -2.39. The number of nitrogens with one attached hydrogen (secondary N) is 2. The van der Waals surface area contributed by atoms with Crippen molar-refractivity contribution in [2.24, 2.45) is 17.8 Å². The second-order valence-electron chi connectivity index (χ2n) is 6.93. The van der Waals surface area contributed by atoms with Crippen LogP contribution in [0.2, 0.25) is 0 Å². The molecule has 3 nitrogen and oxygen atoms in total. The van der Waals surface area contributed by atoms with Gasteiger partial charge in [0.1, 0.15) is 0 Å².